The molecule has 1 heterocycles. The van der Waals surface area contributed by atoms with Crippen molar-refractivity contribution in [3.8, 4) is 0 Å². The summed E-state index contributed by atoms with van der Waals surface area (Å²) >= 11 is 5.86. The van der Waals surface area contributed by atoms with Crippen molar-refractivity contribution in [3.63, 3.8) is 0 Å². The fraction of sp³-hybridized carbons (Fsp3) is 0.333. The summed E-state index contributed by atoms with van der Waals surface area (Å²) in [6.45, 7) is 1.56. The Morgan fingerprint density at radius 2 is 2.00 bits per heavy atom. The lowest BCUT2D eigenvalue weighted by Crippen LogP contribution is -2.31. The Kier molecular flexibility index (Phi) is 3.72. The fourth-order valence-electron chi connectivity index (χ4n) is 2.15. The monoisotopic (exact) mass is 265 g/mol. The molecule has 96 valence electrons. The molecule has 0 amide bonds. The van der Waals surface area contributed by atoms with Crippen molar-refractivity contribution in [2.75, 3.05) is 13.1 Å². The maximum atomic E-state index is 7.76. The SMILES string of the molecule is N=C(N=C(N)N)N1CCC(c2ccc(Cl)cc2)C1. The van der Waals surface area contributed by atoms with Crippen LogP contribution in [-0.2, 0) is 0 Å². The summed E-state index contributed by atoms with van der Waals surface area (Å²) in [6.07, 6.45) is 0.990. The number of hydrogen-bond donors (Lipinski definition) is 3. The van der Waals surface area contributed by atoms with Gasteiger partial charge in [0, 0.05) is 24.0 Å². The first-order valence-corrected chi connectivity index (χ1v) is 6.12. The largest absolute Gasteiger partial charge is 0.370 e. The highest BCUT2D eigenvalue weighted by atomic mass is 35.5. The summed E-state index contributed by atoms with van der Waals surface area (Å²) < 4.78 is 0. The van der Waals surface area contributed by atoms with Gasteiger partial charge in [0.25, 0.3) is 0 Å². The second-order valence-electron chi connectivity index (χ2n) is 4.34. The summed E-state index contributed by atoms with van der Waals surface area (Å²) in [5.41, 5.74) is 11.8. The normalized spacial score (nSPS) is 18.7. The number of halogens is 1. The predicted molar refractivity (Wildman–Crippen MR) is 73.9 cm³/mol. The Balaban J connectivity index is 2.02. The first-order valence-electron chi connectivity index (χ1n) is 5.75. The van der Waals surface area contributed by atoms with Gasteiger partial charge >= 0.3 is 0 Å². The van der Waals surface area contributed by atoms with E-state index in [0.29, 0.717) is 5.92 Å². The zero-order valence-corrected chi connectivity index (χ0v) is 10.7. The van der Waals surface area contributed by atoms with Crippen LogP contribution in [0.1, 0.15) is 17.9 Å². The number of likely N-dealkylation sites (tertiary alicyclic amines) is 1. The standard InChI is InChI=1S/C12H16ClN5/c13-10-3-1-8(2-4-10)9-5-6-18(7-9)12(16)17-11(14)15/h1-4,9H,5-7H2,(H5,14,15,16,17). The molecule has 18 heavy (non-hydrogen) atoms. The van der Waals surface area contributed by atoms with Gasteiger partial charge in [0.1, 0.15) is 0 Å². The van der Waals surface area contributed by atoms with Gasteiger partial charge in [-0.2, -0.15) is 4.99 Å². The van der Waals surface area contributed by atoms with Gasteiger partial charge in [-0.1, -0.05) is 23.7 Å². The molecule has 1 aliphatic heterocycles. The number of guanidine groups is 2. The second kappa shape index (κ2) is 5.27. The van der Waals surface area contributed by atoms with Crippen LogP contribution in [0.4, 0.5) is 0 Å². The third-order valence-electron chi connectivity index (χ3n) is 3.06. The summed E-state index contributed by atoms with van der Waals surface area (Å²) in [7, 11) is 0. The quantitative estimate of drug-likeness (QED) is 0.528. The third-order valence-corrected chi connectivity index (χ3v) is 3.32. The van der Waals surface area contributed by atoms with Crippen LogP contribution in [0.25, 0.3) is 0 Å². The molecule has 1 atom stereocenters. The molecular formula is C12H16ClN5. The van der Waals surface area contributed by atoms with Crippen molar-refractivity contribution in [1.29, 1.82) is 5.41 Å². The first kappa shape index (κ1) is 12.7. The van der Waals surface area contributed by atoms with E-state index in [9.17, 15) is 0 Å². The minimum Gasteiger partial charge on any atom is -0.370 e. The Hall–Kier alpha value is -1.75. The highest BCUT2D eigenvalue weighted by Gasteiger charge is 2.25. The van der Waals surface area contributed by atoms with Crippen molar-refractivity contribution in [2.24, 2.45) is 16.5 Å². The van der Waals surface area contributed by atoms with Crippen molar-refractivity contribution < 1.29 is 0 Å². The smallest absolute Gasteiger partial charge is 0.221 e. The molecule has 1 saturated heterocycles. The average molecular weight is 266 g/mol. The molecule has 0 aromatic heterocycles. The van der Waals surface area contributed by atoms with Gasteiger partial charge in [0.15, 0.2) is 5.96 Å². The van der Waals surface area contributed by atoms with Gasteiger partial charge in [-0.25, -0.2) is 0 Å². The van der Waals surface area contributed by atoms with Gasteiger partial charge < -0.3 is 16.4 Å². The van der Waals surface area contributed by atoms with Crippen molar-refractivity contribution in [1.82, 2.24) is 4.90 Å². The van der Waals surface area contributed by atoms with Gasteiger partial charge in [0.05, 0.1) is 0 Å². The van der Waals surface area contributed by atoms with Crippen LogP contribution in [0, 0.1) is 5.41 Å². The third kappa shape index (κ3) is 2.92. The Labute approximate surface area is 111 Å². The molecule has 0 aliphatic carbocycles. The predicted octanol–water partition coefficient (Wildman–Crippen LogP) is 1.34. The second-order valence-corrected chi connectivity index (χ2v) is 4.78. The fourth-order valence-corrected chi connectivity index (χ4v) is 2.28. The van der Waals surface area contributed by atoms with Gasteiger partial charge in [-0.05, 0) is 24.1 Å². The van der Waals surface area contributed by atoms with E-state index in [1.54, 1.807) is 0 Å². The number of hydrogen-bond acceptors (Lipinski definition) is 1. The average Bonchev–Trinajstić information content (AvgIpc) is 2.78. The van der Waals surface area contributed by atoms with E-state index in [-0.39, 0.29) is 11.9 Å². The maximum Gasteiger partial charge on any atom is 0.221 e. The van der Waals surface area contributed by atoms with E-state index >= 15 is 0 Å². The molecule has 0 bridgehead atoms. The number of nitrogens with zero attached hydrogens (tertiary/aromatic N) is 2. The highest BCUT2D eigenvalue weighted by Crippen LogP contribution is 2.28. The molecule has 1 aromatic carbocycles. The summed E-state index contributed by atoms with van der Waals surface area (Å²) in [6, 6.07) is 7.84. The van der Waals surface area contributed by atoms with E-state index in [1.807, 2.05) is 29.2 Å². The van der Waals surface area contributed by atoms with Crippen molar-refractivity contribution in [2.45, 2.75) is 12.3 Å². The number of rotatable bonds is 1. The molecule has 0 spiro atoms. The van der Waals surface area contributed by atoms with E-state index in [4.69, 9.17) is 28.5 Å². The molecule has 0 saturated carbocycles. The Bertz CT molecular complexity index is 464. The van der Waals surface area contributed by atoms with Crippen LogP contribution >= 0.6 is 11.6 Å². The molecule has 5 nitrogen and oxygen atoms in total. The molecule has 5 N–H and O–H groups in total. The minimum absolute atomic E-state index is 0.0741. The van der Waals surface area contributed by atoms with Crippen LogP contribution < -0.4 is 11.5 Å². The van der Waals surface area contributed by atoms with Gasteiger partial charge in [-0.3, -0.25) is 5.41 Å². The topological polar surface area (TPSA) is 91.5 Å². The van der Waals surface area contributed by atoms with Crippen LogP contribution in [-0.4, -0.2) is 29.9 Å². The van der Waals surface area contributed by atoms with Crippen LogP contribution in [0.2, 0.25) is 5.02 Å². The molecule has 1 unspecified atom stereocenters. The maximum absolute atomic E-state index is 7.76. The summed E-state index contributed by atoms with van der Waals surface area (Å²) in [5, 5.41) is 8.50. The van der Waals surface area contributed by atoms with Crippen molar-refractivity contribution >= 4 is 23.5 Å². The number of aliphatic imine (C=N–C) groups is 1. The number of nitrogens with one attached hydrogen (secondary N) is 1. The summed E-state index contributed by atoms with van der Waals surface area (Å²) in [4.78, 5) is 5.64. The van der Waals surface area contributed by atoms with E-state index in [1.165, 1.54) is 5.56 Å². The first-order chi connectivity index (χ1) is 8.56. The zero-order valence-electron chi connectivity index (χ0n) is 9.94. The van der Waals surface area contributed by atoms with Gasteiger partial charge in [0.2, 0.25) is 5.96 Å². The molecular weight excluding hydrogens is 250 g/mol. The zero-order chi connectivity index (χ0) is 13.1. The molecule has 1 aliphatic rings. The highest BCUT2D eigenvalue weighted by molar-refractivity contribution is 6.30. The lowest BCUT2D eigenvalue weighted by Gasteiger charge is -2.16. The molecule has 2 rings (SSSR count). The molecule has 1 aromatic rings. The van der Waals surface area contributed by atoms with E-state index < -0.39 is 0 Å². The van der Waals surface area contributed by atoms with Gasteiger partial charge in [-0.15, -0.1) is 0 Å². The minimum atomic E-state index is -0.0741. The van der Waals surface area contributed by atoms with Crippen molar-refractivity contribution in [3.05, 3.63) is 34.9 Å². The number of nitrogens with two attached hydrogens (primary N) is 2. The van der Waals surface area contributed by atoms with E-state index in [2.05, 4.69) is 4.99 Å². The lowest BCUT2D eigenvalue weighted by molar-refractivity contribution is 0.501. The van der Waals surface area contributed by atoms with Crippen LogP contribution in [0.15, 0.2) is 29.3 Å². The summed E-state index contributed by atoms with van der Waals surface area (Å²) in [5.74, 6) is 0.457. The molecule has 1 fully saturated rings. The number of benzene rings is 1. The van der Waals surface area contributed by atoms with Crippen LogP contribution in [0.3, 0.4) is 0 Å². The Morgan fingerprint density at radius 3 is 2.61 bits per heavy atom. The lowest BCUT2D eigenvalue weighted by atomic mass is 9.99. The van der Waals surface area contributed by atoms with E-state index in [0.717, 1.165) is 24.5 Å². The Morgan fingerprint density at radius 1 is 1.33 bits per heavy atom. The molecule has 6 heteroatoms. The molecule has 0 radical (unpaired) electrons. The van der Waals surface area contributed by atoms with Crippen LogP contribution in [0.5, 0.6) is 0 Å².